The molecule has 0 N–H and O–H groups in total. The minimum Gasteiger partial charge on any atom is -0.465 e. The van der Waals surface area contributed by atoms with Crippen molar-refractivity contribution in [1.82, 2.24) is 4.57 Å². The monoisotopic (exact) mass is 607 g/mol. The van der Waals surface area contributed by atoms with E-state index in [1.165, 1.54) is 28.6 Å². The van der Waals surface area contributed by atoms with Gasteiger partial charge in [-0.15, -0.1) is 0 Å². The number of ether oxygens (including phenoxy) is 2. The van der Waals surface area contributed by atoms with Gasteiger partial charge in [0.25, 0.3) is 15.9 Å². The Kier molecular flexibility index (Phi) is 8.55. The van der Waals surface area contributed by atoms with Gasteiger partial charge in [0.2, 0.25) is 0 Å². The first-order valence-corrected chi connectivity index (χ1v) is 15.7. The van der Waals surface area contributed by atoms with Crippen LogP contribution in [0.5, 0.6) is 0 Å². The SMILES string of the molecule is CCOC(=O)Cn1c(=NC(=O)c2ccc(S(=O)(=O)N3CCCc4ccccc43)cc2)sc2cc(C(=O)OCC)ccc21. The van der Waals surface area contributed by atoms with E-state index in [-0.39, 0.29) is 35.0 Å². The van der Waals surface area contributed by atoms with E-state index >= 15 is 0 Å². The van der Waals surface area contributed by atoms with Gasteiger partial charge in [-0.2, -0.15) is 4.99 Å². The number of carbonyl (C=O) groups excluding carboxylic acids is 3. The molecule has 5 rings (SSSR count). The van der Waals surface area contributed by atoms with Crippen LogP contribution >= 0.6 is 11.3 Å². The van der Waals surface area contributed by atoms with E-state index in [2.05, 4.69) is 4.99 Å². The molecule has 1 aromatic heterocycles. The minimum atomic E-state index is -3.83. The van der Waals surface area contributed by atoms with E-state index in [0.29, 0.717) is 34.4 Å². The van der Waals surface area contributed by atoms with Crippen LogP contribution in [0.1, 0.15) is 46.5 Å². The molecule has 1 amide bonds. The van der Waals surface area contributed by atoms with Crippen molar-refractivity contribution in [3.8, 4) is 0 Å². The summed E-state index contributed by atoms with van der Waals surface area (Å²) in [6.07, 6.45) is 1.53. The standard InChI is InChI=1S/C30H29N3O7S2/c1-3-39-27(34)19-32-25-16-13-22(29(36)40-4-2)18-26(25)41-30(32)31-28(35)21-11-14-23(15-12-21)42(37,38)33-17-7-9-20-8-5-6-10-24(20)33/h5-6,8,10-16,18H,3-4,7,9,17,19H2,1-2H3. The van der Waals surface area contributed by atoms with Crippen molar-refractivity contribution in [2.45, 2.75) is 38.1 Å². The van der Waals surface area contributed by atoms with Crippen LogP contribution in [-0.2, 0) is 37.3 Å². The number of sulfonamides is 1. The number of benzene rings is 3. The van der Waals surface area contributed by atoms with Crippen LogP contribution in [0.3, 0.4) is 0 Å². The molecular formula is C30H29N3O7S2. The lowest BCUT2D eigenvalue weighted by Crippen LogP contribution is -2.35. The minimum absolute atomic E-state index is 0.0708. The van der Waals surface area contributed by atoms with Gasteiger partial charge in [0.05, 0.1) is 39.6 Å². The number of hydrogen-bond acceptors (Lipinski definition) is 8. The Morgan fingerprint density at radius 1 is 0.929 bits per heavy atom. The van der Waals surface area contributed by atoms with Crippen molar-refractivity contribution >= 4 is 55.1 Å². The highest BCUT2D eigenvalue weighted by Crippen LogP contribution is 2.32. The van der Waals surface area contributed by atoms with Crippen LogP contribution in [-0.4, -0.2) is 50.6 Å². The number of amides is 1. The van der Waals surface area contributed by atoms with E-state index in [0.717, 1.165) is 23.3 Å². The molecular weight excluding hydrogens is 578 g/mol. The third-order valence-electron chi connectivity index (χ3n) is 6.74. The first-order chi connectivity index (χ1) is 20.2. The van der Waals surface area contributed by atoms with Gasteiger partial charge >= 0.3 is 11.9 Å². The number of thiazole rings is 1. The third kappa shape index (κ3) is 5.86. The van der Waals surface area contributed by atoms with Gasteiger partial charge in [-0.1, -0.05) is 29.5 Å². The molecule has 0 unspecified atom stereocenters. The topological polar surface area (TPSA) is 124 Å². The number of fused-ring (bicyclic) bond motifs is 2. The second kappa shape index (κ2) is 12.3. The van der Waals surface area contributed by atoms with Crippen molar-refractivity contribution < 1.29 is 32.3 Å². The number of hydrogen-bond donors (Lipinski definition) is 0. The van der Waals surface area contributed by atoms with Gasteiger partial charge in [-0.25, -0.2) is 13.2 Å². The second-order valence-corrected chi connectivity index (χ2v) is 12.3. The molecule has 0 bridgehead atoms. The van der Waals surface area contributed by atoms with Crippen LogP contribution < -0.4 is 9.11 Å². The van der Waals surface area contributed by atoms with Crippen LogP contribution in [0, 0.1) is 0 Å². The van der Waals surface area contributed by atoms with E-state index in [4.69, 9.17) is 9.47 Å². The molecule has 0 saturated heterocycles. The molecule has 4 aromatic rings. The van der Waals surface area contributed by atoms with Crippen molar-refractivity contribution in [3.05, 3.63) is 88.2 Å². The highest BCUT2D eigenvalue weighted by Gasteiger charge is 2.29. The number of carbonyl (C=O) groups is 3. The van der Waals surface area contributed by atoms with E-state index in [1.54, 1.807) is 42.7 Å². The highest BCUT2D eigenvalue weighted by atomic mass is 32.2. The summed E-state index contributed by atoms with van der Waals surface area (Å²) in [4.78, 5) is 42.4. The smallest absolute Gasteiger partial charge is 0.338 e. The van der Waals surface area contributed by atoms with Gasteiger partial charge in [-0.3, -0.25) is 13.9 Å². The fraction of sp³-hybridized carbons (Fsp3) is 0.267. The Morgan fingerprint density at radius 2 is 1.64 bits per heavy atom. The third-order valence-corrected chi connectivity index (χ3v) is 9.61. The Labute approximate surface area is 246 Å². The van der Waals surface area contributed by atoms with E-state index in [9.17, 15) is 22.8 Å². The summed E-state index contributed by atoms with van der Waals surface area (Å²) in [5.41, 5.74) is 2.75. The summed E-state index contributed by atoms with van der Waals surface area (Å²) in [5, 5.41) is 0. The van der Waals surface area contributed by atoms with Crippen LogP contribution in [0.2, 0.25) is 0 Å². The van der Waals surface area contributed by atoms with Gasteiger partial charge in [0, 0.05) is 12.1 Å². The van der Waals surface area contributed by atoms with Crippen molar-refractivity contribution in [1.29, 1.82) is 0 Å². The summed E-state index contributed by atoms with van der Waals surface area (Å²) in [6.45, 7) is 4.02. The van der Waals surface area contributed by atoms with Crippen molar-refractivity contribution in [2.75, 3.05) is 24.1 Å². The molecule has 0 saturated carbocycles. The summed E-state index contributed by atoms with van der Waals surface area (Å²) < 4.78 is 40.7. The Bertz CT molecular complexity index is 1840. The molecule has 218 valence electrons. The lowest BCUT2D eigenvalue weighted by molar-refractivity contribution is -0.143. The zero-order chi connectivity index (χ0) is 29.9. The summed E-state index contributed by atoms with van der Waals surface area (Å²) >= 11 is 1.13. The van der Waals surface area contributed by atoms with Crippen molar-refractivity contribution in [2.24, 2.45) is 4.99 Å². The first kappa shape index (κ1) is 29.2. The van der Waals surface area contributed by atoms with Crippen molar-refractivity contribution in [3.63, 3.8) is 0 Å². The largest absolute Gasteiger partial charge is 0.465 e. The Hall–Kier alpha value is -4.29. The van der Waals surface area contributed by atoms with Crippen LogP contribution in [0.15, 0.2) is 76.6 Å². The van der Waals surface area contributed by atoms with Crippen LogP contribution in [0.4, 0.5) is 5.69 Å². The number of esters is 2. The summed E-state index contributed by atoms with van der Waals surface area (Å²) in [6, 6.07) is 18.0. The Balaban J connectivity index is 1.47. The lowest BCUT2D eigenvalue weighted by Gasteiger charge is -2.30. The molecule has 0 spiro atoms. The number of anilines is 1. The zero-order valence-electron chi connectivity index (χ0n) is 23.1. The second-order valence-electron chi connectivity index (χ2n) is 9.43. The predicted octanol–water partition coefficient (Wildman–Crippen LogP) is 4.33. The van der Waals surface area contributed by atoms with Crippen LogP contribution in [0.25, 0.3) is 10.2 Å². The highest BCUT2D eigenvalue weighted by molar-refractivity contribution is 7.92. The number of nitrogens with zero attached hydrogens (tertiary/aromatic N) is 3. The maximum absolute atomic E-state index is 13.5. The molecule has 42 heavy (non-hydrogen) atoms. The summed E-state index contributed by atoms with van der Waals surface area (Å²) in [5.74, 6) is -1.60. The number of aryl methyl sites for hydroxylation is 1. The molecule has 0 aliphatic carbocycles. The zero-order valence-corrected chi connectivity index (χ0v) is 24.7. The average Bonchev–Trinajstić information content (AvgIpc) is 3.32. The molecule has 0 fully saturated rings. The average molecular weight is 608 g/mol. The predicted molar refractivity (Wildman–Crippen MR) is 158 cm³/mol. The number of rotatable bonds is 8. The number of aromatic nitrogens is 1. The first-order valence-electron chi connectivity index (χ1n) is 13.5. The Morgan fingerprint density at radius 3 is 2.38 bits per heavy atom. The molecule has 12 heteroatoms. The molecule has 2 heterocycles. The summed E-state index contributed by atoms with van der Waals surface area (Å²) in [7, 11) is -3.83. The van der Waals surface area contributed by atoms with Gasteiger partial charge < -0.3 is 14.0 Å². The lowest BCUT2D eigenvalue weighted by atomic mass is 10.0. The maximum Gasteiger partial charge on any atom is 0.338 e. The quantitative estimate of drug-likeness (QED) is 0.273. The molecule has 1 aliphatic heterocycles. The maximum atomic E-state index is 13.5. The van der Waals surface area contributed by atoms with Gasteiger partial charge in [0.15, 0.2) is 4.80 Å². The fourth-order valence-electron chi connectivity index (χ4n) is 4.79. The normalized spacial score (nSPS) is 13.6. The molecule has 1 aliphatic rings. The molecule has 0 radical (unpaired) electrons. The molecule has 3 aromatic carbocycles. The van der Waals surface area contributed by atoms with Gasteiger partial charge in [-0.05, 0) is 80.8 Å². The van der Waals surface area contributed by atoms with Gasteiger partial charge in [0.1, 0.15) is 6.54 Å². The number of para-hydroxylation sites is 1. The van der Waals surface area contributed by atoms with E-state index in [1.807, 2.05) is 18.2 Å². The molecule has 0 atom stereocenters. The molecule has 10 nitrogen and oxygen atoms in total. The van der Waals surface area contributed by atoms with E-state index < -0.39 is 27.9 Å². The fourth-order valence-corrected chi connectivity index (χ4v) is 7.39.